The number of hydrogen-bond donors (Lipinski definition) is 1. The van der Waals surface area contributed by atoms with Crippen LogP contribution in [0, 0.1) is 0 Å². The van der Waals surface area contributed by atoms with E-state index in [4.69, 9.17) is 0 Å². The summed E-state index contributed by atoms with van der Waals surface area (Å²) in [6.07, 6.45) is 3.53. The number of sulfonamides is 1. The van der Waals surface area contributed by atoms with Crippen molar-refractivity contribution in [3.63, 3.8) is 0 Å². The van der Waals surface area contributed by atoms with Crippen LogP contribution in [0.5, 0.6) is 0 Å². The number of nitrogens with one attached hydrogen (secondary N) is 1. The highest BCUT2D eigenvalue weighted by Gasteiger charge is 2.22. The predicted octanol–water partition coefficient (Wildman–Crippen LogP) is 3.20. The molecule has 0 saturated heterocycles. The van der Waals surface area contributed by atoms with E-state index in [1.807, 2.05) is 30.5 Å². The number of halogens is 1. The smallest absolute Gasteiger partial charge is 0.255 e. The first-order valence-corrected chi connectivity index (χ1v) is 10.6. The largest absolute Gasteiger partial charge is 0.322 e. The summed E-state index contributed by atoms with van der Waals surface area (Å²) in [7, 11) is -0.795. The number of benzene rings is 2. The van der Waals surface area contributed by atoms with Gasteiger partial charge in [-0.3, -0.25) is 9.48 Å². The first-order valence-electron chi connectivity index (χ1n) is 8.38. The molecule has 3 rings (SSSR count). The second-order valence-electron chi connectivity index (χ2n) is 6.25. The van der Waals surface area contributed by atoms with Crippen LogP contribution in [0.1, 0.15) is 15.9 Å². The van der Waals surface area contributed by atoms with Gasteiger partial charge in [0.05, 0.1) is 11.4 Å². The fraction of sp³-hybridized carbons (Fsp3) is 0.158. The Bertz CT molecular complexity index is 1100. The maximum absolute atomic E-state index is 12.8. The first kappa shape index (κ1) is 20.2. The molecule has 1 amide bonds. The van der Waals surface area contributed by atoms with Gasteiger partial charge in [0.25, 0.3) is 5.91 Å². The Morgan fingerprint density at radius 1 is 1.18 bits per heavy atom. The average molecular weight is 463 g/mol. The molecule has 1 aromatic heterocycles. The molecule has 0 aliphatic carbocycles. The quantitative estimate of drug-likeness (QED) is 0.609. The van der Waals surface area contributed by atoms with Crippen molar-refractivity contribution in [2.75, 3.05) is 19.4 Å². The summed E-state index contributed by atoms with van der Waals surface area (Å²) in [5, 5.41) is 7.05. The molecule has 0 radical (unpaired) electrons. The van der Waals surface area contributed by atoms with Gasteiger partial charge in [-0.05, 0) is 51.8 Å². The molecule has 0 aliphatic heterocycles. The standard InChI is InChI=1S/C19H19BrN4O3S/c1-23(2)28(26,27)18-12-14(8-9-16(18)20)19(25)22-17-7-4-3-6-15(17)13-24-11-5-10-21-24/h3-12H,13H2,1-2H3,(H,22,25). The Labute approximate surface area is 172 Å². The molecule has 0 bridgehead atoms. The summed E-state index contributed by atoms with van der Waals surface area (Å²) in [6.45, 7) is 0.504. The highest BCUT2D eigenvalue weighted by Crippen LogP contribution is 2.26. The maximum Gasteiger partial charge on any atom is 0.255 e. The van der Waals surface area contributed by atoms with Crippen molar-refractivity contribution in [2.45, 2.75) is 11.4 Å². The summed E-state index contributed by atoms with van der Waals surface area (Å²) in [6, 6.07) is 13.7. The molecular weight excluding hydrogens is 444 g/mol. The molecule has 3 aromatic rings. The zero-order valence-electron chi connectivity index (χ0n) is 15.3. The number of carbonyl (C=O) groups is 1. The monoisotopic (exact) mass is 462 g/mol. The zero-order chi connectivity index (χ0) is 20.3. The number of carbonyl (C=O) groups excluding carboxylic acids is 1. The minimum absolute atomic E-state index is 0.0370. The van der Waals surface area contributed by atoms with Crippen molar-refractivity contribution >= 4 is 37.5 Å². The molecule has 2 aromatic carbocycles. The molecule has 1 heterocycles. The second-order valence-corrected chi connectivity index (χ2v) is 9.22. The zero-order valence-corrected chi connectivity index (χ0v) is 17.7. The van der Waals surface area contributed by atoms with E-state index in [0.29, 0.717) is 16.7 Å². The topological polar surface area (TPSA) is 84.3 Å². The number of amides is 1. The summed E-state index contributed by atoms with van der Waals surface area (Å²) in [4.78, 5) is 12.8. The minimum Gasteiger partial charge on any atom is -0.322 e. The summed E-state index contributed by atoms with van der Waals surface area (Å²) >= 11 is 3.25. The van der Waals surface area contributed by atoms with Gasteiger partial charge in [-0.2, -0.15) is 5.10 Å². The fourth-order valence-corrected chi connectivity index (χ4v) is 4.43. The van der Waals surface area contributed by atoms with Crippen LogP contribution in [0.3, 0.4) is 0 Å². The molecule has 0 unspecified atom stereocenters. The van der Waals surface area contributed by atoms with Crippen LogP contribution >= 0.6 is 15.9 Å². The Hall–Kier alpha value is -2.49. The van der Waals surface area contributed by atoms with Gasteiger partial charge in [-0.25, -0.2) is 12.7 Å². The van der Waals surface area contributed by atoms with E-state index in [1.54, 1.807) is 29.1 Å². The van der Waals surface area contributed by atoms with E-state index in [1.165, 1.54) is 20.2 Å². The average Bonchev–Trinajstić information content (AvgIpc) is 3.16. The van der Waals surface area contributed by atoms with Crippen molar-refractivity contribution in [1.29, 1.82) is 0 Å². The molecule has 28 heavy (non-hydrogen) atoms. The van der Waals surface area contributed by atoms with Gasteiger partial charge >= 0.3 is 0 Å². The number of hydrogen-bond acceptors (Lipinski definition) is 4. The van der Waals surface area contributed by atoms with Crippen molar-refractivity contribution < 1.29 is 13.2 Å². The normalized spacial score (nSPS) is 11.6. The van der Waals surface area contributed by atoms with Crippen LogP contribution in [0.2, 0.25) is 0 Å². The second kappa shape index (κ2) is 8.26. The highest BCUT2D eigenvalue weighted by atomic mass is 79.9. The molecule has 0 aliphatic rings. The molecule has 146 valence electrons. The van der Waals surface area contributed by atoms with Crippen LogP contribution in [-0.4, -0.2) is 42.5 Å². The Morgan fingerprint density at radius 2 is 1.93 bits per heavy atom. The summed E-state index contributed by atoms with van der Waals surface area (Å²) in [5.41, 5.74) is 1.78. The van der Waals surface area contributed by atoms with Crippen LogP contribution in [0.4, 0.5) is 5.69 Å². The van der Waals surface area contributed by atoms with E-state index < -0.39 is 15.9 Å². The lowest BCUT2D eigenvalue weighted by Gasteiger charge is -2.15. The van der Waals surface area contributed by atoms with Crippen LogP contribution < -0.4 is 5.32 Å². The van der Waals surface area contributed by atoms with E-state index in [-0.39, 0.29) is 10.5 Å². The van der Waals surface area contributed by atoms with Crippen molar-refractivity contribution in [1.82, 2.24) is 14.1 Å². The Morgan fingerprint density at radius 3 is 2.61 bits per heavy atom. The molecule has 9 heteroatoms. The first-order chi connectivity index (χ1) is 13.3. The van der Waals surface area contributed by atoms with E-state index in [9.17, 15) is 13.2 Å². The SMILES string of the molecule is CN(C)S(=O)(=O)c1cc(C(=O)Nc2ccccc2Cn2cccn2)ccc1Br. The number of aromatic nitrogens is 2. The number of rotatable bonds is 6. The van der Waals surface area contributed by atoms with Gasteiger partial charge < -0.3 is 5.32 Å². The third kappa shape index (κ3) is 4.32. The minimum atomic E-state index is -3.68. The molecule has 0 atom stereocenters. The number of nitrogens with zero attached hydrogens (tertiary/aromatic N) is 3. The van der Waals surface area contributed by atoms with Gasteiger partial charge in [-0.15, -0.1) is 0 Å². The fourth-order valence-electron chi connectivity index (χ4n) is 2.58. The van der Waals surface area contributed by atoms with Crippen LogP contribution in [0.15, 0.2) is 70.3 Å². The third-order valence-electron chi connectivity index (χ3n) is 4.11. The van der Waals surface area contributed by atoms with Crippen LogP contribution in [0.25, 0.3) is 0 Å². The number of para-hydroxylation sites is 1. The summed E-state index contributed by atoms with van der Waals surface area (Å²) in [5.74, 6) is -0.393. The third-order valence-corrected chi connectivity index (χ3v) is 6.92. The van der Waals surface area contributed by atoms with Gasteiger partial charge in [0.15, 0.2) is 0 Å². The Kier molecular flexibility index (Phi) is 5.97. The molecule has 7 nitrogen and oxygen atoms in total. The lowest BCUT2D eigenvalue weighted by atomic mass is 10.1. The van der Waals surface area contributed by atoms with E-state index >= 15 is 0 Å². The van der Waals surface area contributed by atoms with Gasteiger partial charge in [0.2, 0.25) is 10.0 Å². The molecule has 1 N–H and O–H groups in total. The van der Waals surface area contributed by atoms with Gasteiger partial charge in [0, 0.05) is 42.2 Å². The molecule has 0 spiro atoms. The van der Waals surface area contributed by atoms with Crippen molar-refractivity contribution in [3.05, 3.63) is 76.5 Å². The molecule has 0 saturated carbocycles. The lowest BCUT2D eigenvalue weighted by Crippen LogP contribution is -2.23. The summed E-state index contributed by atoms with van der Waals surface area (Å²) < 4.78 is 28.2. The van der Waals surface area contributed by atoms with Crippen molar-refractivity contribution in [2.24, 2.45) is 0 Å². The predicted molar refractivity (Wildman–Crippen MR) is 111 cm³/mol. The van der Waals surface area contributed by atoms with Crippen LogP contribution in [-0.2, 0) is 16.6 Å². The highest BCUT2D eigenvalue weighted by molar-refractivity contribution is 9.10. The lowest BCUT2D eigenvalue weighted by molar-refractivity contribution is 0.102. The van der Waals surface area contributed by atoms with E-state index in [0.717, 1.165) is 9.87 Å². The van der Waals surface area contributed by atoms with Crippen molar-refractivity contribution in [3.8, 4) is 0 Å². The van der Waals surface area contributed by atoms with Gasteiger partial charge in [0.1, 0.15) is 0 Å². The molecule has 0 fully saturated rings. The van der Waals surface area contributed by atoms with E-state index in [2.05, 4.69) is 26.3 Å². The maximum atomic E-state index is 12.8. The molecular formula is C19H19BrN4O3S. The van der Waals surface area contributed by atoms with Gasteiger partial charge in [-0.1, -0.05) is 18.2 Å². The Balaban J connectivity index is 1.89. The number of anilines is 1.